The minimum Gasteiger partial charge on any atom is -0.495 e. The van der Waals surface area contributed by atoms with E-state index in [9.17, 15) is 4.79 Å². The molecule has 0 saturated carbocycles. The predicted molar refractivity (Wildman–Crippen MR) is 119 cm³/mol. The van der Waals surface area contributed by atoms with Gasteiger partial charge in [0.25, 0.3) is 5.91 Å². The van der Waals surface area contributed by atoms with Crippen LogP contribution in [0.15, 0.2) is 48.5 Å². The summed E-state index contributed by atoms with van der Waals surface area (Å²) >= 11 is 0. The van der Waals surface area contributed by atoms with Crippen LogP contribution in [0.4, 0.5) is 5.69 Å². The minimum atomic E-state index is -0.289. The lowest BCUT2D eigenvalue weighted by molar-refractivity contribution is 0.102. The molecule has 2 aromatic heterocycles. The SMILES string of the molecule is COc1ccc(-c2nc3ccccc3[nH]2)cc1NC(=O)c1cc(C2CCCN2C)[nH]n1. The van der Waals surface area contributed by atoms with Crippen LogP contribution in [0.3, 0.4) is 0 Å². The van der Waals surface area contributed by atoms with Crippen molar-refractivity contribution in [2.75, 3.05) is 26.0 Å². The second kappa shape index (κ2) is 7.88. The minimum absolute atomic E-state index is 0.278. The van der Waals surface area contributed by atoms with Gasteiger partial charge in [-0.2, -0.15) is 5.10 Å². The van der Waals surface area contributed by atoms with Gasteiger partial charge in [0.15, 0.2) is 5.69 Å². The number of methoxy groups -OCH3 is 1. The van der Waals surface area contributed by atoms with Crippen LogP contribution in [0.2, 0.25) is 0 Å². The number of fused-ring (bicyclic) bond motifs is 1. The number of rotatable bonds is 5. The highest BCUT2D eigenvalue weighted by Gasteiger charge is 2.25. The van der Waals surface area contributed by atoms with Gasteiger partial charge in [-0.25, -0.2) is 4.98 Å². The van der Waals surface area contributed by atoms with E-state index in [1.54, 1.807) is 7.11 Å². The van der Waals surface area contributed by atoms with Crippen LogP contribution < -0.4 is 10.1 Å². The molecule has 3 N–H and O–H groups in total. The molecular formula is C23H24N6O2. The molecule has 5 rings (SSSR count). The molecule has 2 aromatic carbocycles. The number of carbonyl (C=O) groups is 1. The number of likely N-dealkylation sites (tertiary alicyclic amines) is 1. The van der Waals surface area contributed by atoms with Gasteiger partial charge in [-0.3, -0.25) is 14.8 Å². The Bertz CT molecular complexity index is 1210. The Morgan fingerprint density at radius 3 is 2.87 bits per heavy atom. The van der Waals surface area contributed by atoms with E-state index in [1.807, 2.05) is 48.5 Å². The molecule has 1 saturated heterocycles. The van der Waals surface area contributed by atoms with Gasteiger partial charge in [-0.05, 0) is 62.8 Å². The van der Waals surface area contributed by atoms with Crippen molar-refractivity contribution < 1.29 is 9.53 Å². The zero-order valence-corrected chi connectivity index (χ0v) is 17.5. The van der Waals surface area contributed by atoms with Crippen LogP contribution >= 0.6 is 0 Å². The smallest absolute Gasteiger partial charge is 0.276 e. The highest BCUT2D eigenvalue weighted by Crippen LogP contribution is 2.32. The summed E-state index contributed by atoms with van der Waals surface area (Å²) in [5.74, 6) is 1.01. The molecule has 1 unspecified atom stereocenters. The Morgan fingerprint density at radius 2 is 2.10 bits per heavy atom. The second-order valence-electron chi connectivity index (χ2n) is 7.82. The van der Waals surface area contributed by atoms with Crippen molar-refractivity contribution in [2.24, 2.45) is 0 Å². The second-order valence-corrected chi connectivity index (χ2v) is 7.82. The highest BCUT2D eigenvalue weighted by molar-refractivity contribution is 6.04. The predicted octanol–water partition coefficient (Wildman–Crippen LogP) is 3.98. The average Bonchev–Trinajstić information content (AvgIpc) is 3.52. The molecule has 1 fully saturated rings. The van der Waals surface area contributed by atoms with Crippen LogP contribution in [0.1, 0.15) is 35.1 Å². The largest absolute Gasteiger partial charge is 0.495 e. The third-order valence-electron chi connectivity index (χ3n) is 5.82. The van der Waals surface area contributed by atoms with Gasteiger partial charge in [0.05, 0.1) is 35.6 Å². The number of aromatic amines is 2. The molecule has 4 aromatic rings. The molecule has 31 heavy (non-hydrogen) atoms. The monoisotopic (exact) mass is 416 g/mol. The van der Waals surface area contributed by atoms with E-state index in [1.165, 1.54) is 0 Å². The maximum absolute atomic E-state index is 12.9. The Kier molecular flexibility index (Phi) is 4.91. The van der Waals surface area contributed by atoms with Gasteiger partial charge < -0.3 is 15.0 Å². The molecule has 3 heterocycles. The number of amides is 1. The number of imidazole rings is 1. The number of hydrogen-bond acceptors (Lipinski definition) is 5. The molecule has 8 heteroatoms. The Balaban J connectivity index is 1.41. The van der Waals surface area contributed by atoms with E-state index < -0.39 is 0 Å². The Hall–Kier alpha value is -3.65. The molecule has 158 valence electrons. The maximum atomic E-state index is 12.9. The van der Waals surface area contributed by atoms with Crippen molar-refractivity contribution in [1.29, 1.82) is 0 Å². The normalized spacial score (nSPS) is 16.6. The number of nitrogens with zero attached hydrogens (tertiary/aromatic N) is 3. The number of carbonyl (C=O) groups excluding carboxylic acids is 1. The van der Waals surface area contributed by atoms with Crippen molar-refractivity contribution in [3.05, 3.63) is 59.9 Å². The van der Waals surface area contributed by atoms with Gasteiger partial charge in [0.2, 0.25) is 0 Å². The number of aromatic nitrogens is 4. The lowest BCUT2D eigenvalue weighted by atomic mass is 10.1. The Labute approximate surface area is 179 Å². The molecule has 1 amide bonds. The molecule has 0 spiro atoms. The van der Waals surface area contributed by atoms with Crippen LogP contribution in [-0.4, -0.2) is 51.7 Å². The number of H-pyrrole nitrogens is 2. The molecule has 1 aliphatic rings. The first-order valence-corrected chi connectivity index (χ1v) is 10.3. The van der Waals surface area contributed by atoms with Gasteiger partial charge in [0, 0.05) is 5.56 Å². The van der Waals surface area contributed by atoms with Crippen LogP contribution in [-0.2, 0) is 0 Å². The number of anilines is 1. The summed E-state index contributed by atoms with van der Waals surface area (Å²) < 4.78 is 5.45. The number of benzene rings is 2. The topological polar surface area (TPSA) is 98.9 Å². The van der Waals surface area contributed by atoms with E-state index in [-0.39, 0.29) is 11.9 Å². The van der Waals surface area contributed by atoms with E-state index >= 15 is 0 Å². The fourth-order valence-electron chi connectivity index (χ4n) is 4.16. The summed E-state index contributed by atoms with van der Waals surface area (Å²) in [7, 11) is 3.67. The molecule has 0 aliphatic carbocycles. The van der Waals surface area contributed by atoms with E-state index in [2.05, 4.69) is 37.4 Å². The summed E-state index contributed by atoms with van der Waals surface area (Å²) in [5.41, 5.74) is 4.58. The lowest BCUT2D eigenvalue weighted by Crippen LogP contribution is -2.17. The summed E-state index contributed by atoms with van der Waals surface area (Å²) in [6.07, 6.45) is 2.21. The van der Waals surface area contributed by atoms with Gasteiger partial charge in [-0.15, -0.1) is 0 Å². The summed E-state index contributed by atoms with van der Waals surface area (Å²) in [6.45, 7) is 1.05. The molecular weight excluding hydrogens is 392 g/mol. The molecule has 0 radical (unpaired) electrons. The van der Waals surface area contributed by atoms with Gasteiger partial charge in [0.1, 0.15) is 11.6 Å². The fourth-order valence-corrected chi connectivity index (χ4v) is 4.16. The van der Waals surface area contributed by atoms with Crippen LogP contribution in [0.25, 0.3) is 22.4 Å². The van der Waals surface area contributed by atoms with Crippen molar-refractivity contribution in [3.8, 4) is 17.1 Å². The first kappa shape index (κ1) is 19.3. The molecule has 1 atom stereocenters. The highest BCUT2D eigenvalue weighted by atomic mass is 16.5. The third-order valence-corrected chi connectivity index (χ3v) is 5.82. The average molecular weight is 416 g/mol. The van der Waals surface area contributed by atoms with E-state index in [0.29, 0.717) is 17.1 Å². The fraction of sp³-hybridized carbons (Fsp3) is 0.261. The number of hydrogen-bond donors (Lipinski definition) is 3. The van der Waals surface area contributed by atoms with Crippen LogP contribution in [0, 0.1) is 0 Å². The summed E-state index contributed by atoms with van der Waals surface area (Å²) in [5, 5.41) is 10.2. The summed E-state index contributed by atoms with van der Waals surface area (Å²) in [6, 6.07) is 15.5. The van der Waals surface area contributed by atoms with Crippen molar-refractivity contribution >= 4 is 22.6 Å². The number of ether oxygens (including phenoxy) is 1. The molecule has 8 nitrogen and oxygen atoms in total. The first-order valence-electron chi connectivity index (χ1n) is 10.3. The zero-order valence-electron chi connectivity index (χ0n) is 17.5. The maximum Gasteiger partial charge on any atom is 0.276 e. The van der Waals surface area contributed by atoms with Crippen molar-refractivity contribution in [3.63, 3.8) is 0 Å². The first-order chi connectivity index (χ1) is 15.1. The number of nitrogens with one attached hydrogen (secondary N) is 3. The molecule has 0 bridgehead atoms. The van der Waals surface area contributed by atoms with Crippen molar-refractivity contribution in [1.82, 2.24) is 25.1 Å². The molecule has 1 aliphatic heterocycles. The Morgan fingerprint density at radius 1 is 1.23 bits per heavy atom. The lowest BCUT2D eigenvalue weighted by Gasteiger charge is -2.16. The van der Waals surface area contributed by atoms with Gasteiger partial charge in [-0.1, -0.05) is 12.1 Å². The van der Waals surface area contributed by atoms with Gasteiger partial charge >= 0.3 is 0 Å². The van der Waals surface area contributed by atoms with Crippen molar-refractivity contribution in [2.45, 2.75) is 18.9 Å². The number of para-hydroxylation sites is 2. The third kappa shape index (κ3) is 3.66. The zero-order chi connectivity index (χ0) is 21.4. The quantitative estimate of drug-likeness (QED) is 0.457. The summed E-state index contributed by atoms with van der Waals surface area (Å²) in [4.78, 5) is 23.1. The standard InChI is InChI=1S/C23H24N6O2/c1-29-11-5-8-20(29)17-13-19(28-27-17)23(30)26-18-12-14(9-10-21(18)31-2)22-24-15-6-3-4-7-16(15)25-22/h3-4,6-7,9-10,12-13,20H,5,8,11H2,1-2H3,(H,24,25)(H,26,30)(H,27,28). The van der Waals surface area contributed by atoms with Crippen LogP contribution in [0.5, 0.6) is 5.75 Å². The van der Waals surface area contributed by atoms with E-state index in [0.717, 1.165) is 47.5 Å². The van der Waals surface area contributed by atoms with E-state index in [4.69, 9.17) is 4.74 Å².